The van der Waals surface area contributed by atoms with Gasteiger partial charge >= 0.3 is 0 Å². The molecule has 0 saturated heterocycles. The number of nitrogens with zero attached hydrogens (tertiary/aromatic N) is 1. The average Bonchev–Trinajstić information content (AvgIpc) is 2.73. The van der Waals surface area contributed by atoms with Gasteiger partial charge in [-0.15, -0.1) is 0 Å². The number of hydrogen-bond acceptors (Lipinski definition) is 5. The molecule has 2 aromatic carbocycles. The molecule has 6 nitrogen and oxygen atoms in total. The van der Waals surface area contributed by atoms with Crippen molar-refractivity contribution in [1.29, 1.82) is 0 Å². The second kappa shape index (κ2) is 9.54. The number of carbonyl (C=O) groups excluding carboxylic acids is 1. The van der Waals surface area contributed by atoms with Crippen LogP contribution in [0.2, 0.25) is 0 Å². The zero-order valence-corrected chi connectivity index (χ0v) is 16.2. The van der Waals surface area contributed by atoms with E-state index >= 15 is 0 Å². The highest BCUT2D eigenvalue weighted by molar-refractivity contribution is 5.93. The molecule has 0 aliphatic carbocycles. The molecular weight excluding hydrogens is 373 g/mol. The number of halogens is 1. The van der Waals surface area contributed by atoms with Gasteiger partial charge in [0.1, 0.15) is 11.5 Å². The lowest BCUT2D eigenvalue weighted by Gasteiger charge is -2.10. The van der Waals surface area contributed by atoms with Crippen molar-refractivity contribution < 1.29 is 18.7 Å². The van der Waals surface area contributed by atoms with Crippen LogP contribution in [0.15, 0.2) is 60.8 Å². The third-order valence-electron chi connectivity index (χ3n) is 4.25. The van der Waals surface area contributed by atoms with Gasteiger partial charge in [-0.25, -0.2) is 4.39 Å². The van der Waals surface area contributed by atoms with E-state index in [1.165, 1.54) is 18.3 Å². The van der Waals surface area contributed by atoms with Crippen molar-refractivity contribution in [3.05, 3.63) is 77.9 Å². The normalized spacial score (nSPS) is 10.3. The number of benzene rings is 2. The molecule has 0 fully saturated rings. The molecule has 1 heterocycles. The Morgan fingerprint density at radius 3 is 2.55 bits per heavy atom. The Balaban J connectivity index is 1.58. The van der Waals surface area contributed by atoms with Crippen molar-refractivity contribution in [2.45, 2.75) is 6.42 Å². The maximum Gasteiger partial charge on any atom is 0.269 e. The topological polar surface area (TPSA) is 72.5 Å². The van der Waals surface area contributed by atoms with Crippen molar-refractivity contribution in [3.8, 4) is 11.5 Å². The van der Waals surface area contributed by atoms with E-state index in [9.17, 15) is 9.18 Å². The van der Waals surface area contributed by atoms with E-state index in [1.807, 2.05) is 18.2 Å². The predicted molar refractivity (Wildman–Crippen MR) is 110 cm³/mol. The number of nitrogens with one attached hydrogen (secondary N) is 2. The van der Waals surface area contributed by atoms with Crippen molar-refractivity contribution in [2.24, 2.45) is 0 Å². The minimum Gasteiger partial charge on any atom is -0.493 e. The predicted octanol–water partition coefficient (Wildman–Crippen LogP) is 3.95. The summed E-state index contributed by atoms with van der Waals surface area (Å²) in [6.45, 7) is 0.442. The van der Waals surface area contributed by atoms with Gasteiger partial charge in [-0.3, -0.25) is 9.78 Å². The van der Waals surface area contributed by atoms with Gasteiger partial charge < -0.3 is 20.1 Å². The first-order chi connectivity index (χ1) is 14.1. The molecule has 150 valence electrons. The van der Waals surface area contributed by atoms with Crippen LogP contribution < -0.4 is 20.1 Å². The average molecular weight is 395 g/mol. The molecule has 0 aliphatic rings. The maximum atomic E-state index is 13.3. The highest BCUT2D eigenvalue weighted by atomic mass is 19.1. The number of pyridine rings is 1. The highest BCUT2D eigenvalue weighted by Crippen LogP contribution is 2.27. The van der Waals surface area contributed by atoms with Gasteiger partial charge in [-0.1, -0.05) is 12.1 Å². The van der Waals surface area contributed by atoms with Crippen molar-refractivity contribution >= 4 is 17.3 Å². The number of aromatic nitrogens is 1. The molecule has 0 radical (unpaired) electrons. The van der Waals surface area contributed by atoms with Gasteiger partial charge in [-0.05, 0) is 54.4 Å². The molecule has 0 atom stereocenters. The van der Waals surface area contributed by atoms with Crippen LogP contribution in [0.5, 0.6) is 11.5 Å². The Morgan fingerprint density at radius 1 is 1.00 bits per heavy atom. The molecule has 0 spiro atoms. The fourth-order valence-electron chi connectivity index (χ4n) is 2.81. The van der Waals surface area contributed by atoms with Gasteiger partial charge in [0.05, 0.1) is 14.2 Å². The molecule has 1 amide bonds. The van der Waals surface area contributed by atoms with Gasteiger partial charge in [0.25, 0.3) is 5.91 Å². The first-order valence-corrected chi connectivity index (χ1v) is 9.07. The molecule has 3 rings (SSSR count). The molecule has 3 aromatic rings. The first-order valence-electron chi connectivity index (χ1n) is 9.07. The van der Waals surface area contributed by atoms with Gasteiger partial charge in [0.15, 0.2) is 11.5 Å². The Bertz CT molecular complexity index is 995. The minimum absolute atomic E-state index is 0.277. The van der Waals surface area contributed by atoms with E-state index in [-0.39, 0.29) is 17.4 Å². The number of rotatable bonds is 8. The third kappa shape index (κ3) is 5.44. The van der Waals surface area contributed by atoms with Gasteiger partial charge in [0, 0.05) is 24.1 Å². The zero-order chi connectivity index (χ0) is 20.6. The van der Waals surface area contributed by atoms with E-state index in [4.69, 9.17) is 9.47 Å². The number of anilines is 2. The number of ether oxygens (including phenoxy) is 2. The fraction of sp³-hybridized carbons (Fsp3) is 0.182. The van der Waals surface area contributed by atoms with Gasteiger partial charge in [0.2, 0.25) is 0 Å². The molecule has 7 heteroatoms. The summed E-state index contributed by atoms with van der Waals surface area (Å²) in [7, 11) is 3.17. The summed E-state index contributed by atoms with van der Waals surface area (Å²) in [5.74, 6) is 0.687. The van der Waals surface area contributed by atoms with E-state index in [0.717, 1.165) is 5.56 Å². The second-order valence-corrected chi connectivity index (χ2v) is 6.26. The lowest BCUT2D eigenvalue weighted by molar-refractivity contribution is 0.0949. The molecule has 0 unspecified atom stereocenters. The number of methoxy groups -OCH3 is 2. The fourth-order valence-corrected chi connectivity index (χ4v) is 2.81. The molecule has 1 aromatic heterocycles. The Labute approximate surface area is 168 Å². The Morgan fingerprint density at radius 2 is 1.79 bits per heavy atom. The summed E-state index contributed by atoms with van der Waals surface area (Å²) >= 11 is 0. The lowest BCUT2D eigenvalue weighted by Crippen LogP contribution is -2.26. The standard InChI is InChI=1S/C22H22FN3O3/c1-28-20-7-6-15(12-21(20)29-2)8-10-25-22(27)19-14-18(9-11-24-19)26-17-5-3-4-16(23)13-17/h3-7,9,11-14H,8,10H2,1-2H3,(H,24,26)(H,25,27). The van der Waals surface area contributed by atoms with Crippen molar-refractivity contribution in [2.75, 3.05) is 26.1 Å². The van der Waals surface area contributed by atoms with Crippen LogP contribution >= 0.6 is 0 Å². The van der Waals surface area contributed by atoms with Crippen LogP contribution in [0.1, 0.15) is 16.1 Å². The van der Waals surface area contributed by atoms with Crippen molar-refractivity contribution in [1.82, 2.24) is 10.3 Å². The van der Waals surface area contributed by atoms with Crippen LogP contribution in [-0.2, 0) is 6.42 Å². The lowest BCUT2D eigenvalue weighted by atomic mass is 10.1. The van der Waals surface area contributed by atoms with Crippen LogP contribution in [0.3, 0.4) is 0 Å². The van der Waals surface area contributed by atoms with Gasteiger partial charge in [-0.2, -0.15) is 0 Å². The Kier molecular flexibility index (Phi) is 6.63. The van der Waals surface area contributed by atoms with E-state index < -0.39 is 0 Å². The largest absolute Gasteiger partial charge is 0.493 e. The molecule has 2 N–H and O–H groups in total. The Hall–Kier alpha value is -3.61. The number of carbonyl (C=O) groups is 1. The second-order valence-electron chi connectivity index (χ2n) is 6.26. The molecule has 0 bridgehead atoms. The summed E-state index contributed by atoms with van der Waals surface area (Å²) < 4.78 is 23.8. The molecule has 0 aliphatic heterocycles. The summed E-state index contributed by atoms with van der Waals surface area (Å²) in [4.78, 5) is 16.5. The number of hydrogen-bond donors (Lipinski definition) is 2. The zero-order valence-electron chi connectivity index (χ0n) is 16.2. The van der Waals surface area contributed by atoms with E-state index in [0.29, 0.717) is 35.8 Å². The highest BCUT2D eigenvalue weighted by Gasteiger charge is 2.09. The van der Waals surface area contributed by atoms with Crippen molar-refractivity contribution in [3.63, 3.8) is 0 Å². The smallest absolute Gasteiger partial charge is 0.269 e. The molecule has 0 saturated carbocycles. The summed E-state index contributed by atoms with van der Waals surface area (Å²) in [5, 5.41) is 5.91. The van der Waals surface area contributed by atoms with Crippen LogP contribution in [0.25, 0.3) is 0 Å². The van der Waals surface area contributed by atoms with Crippen LogP contribution in [0, 0.1) is 5.82 Å². The minimum atomic E-state index is -0.336. The molecular formula is C22H22FN3O3. The summed E-state index contributed by atoms with van der Waals surface area (Å²) in [6.07, 6.45) is 2.16. The first kappa shape index (κ1) is 20.1. The van der Waals surface area contributed by atoms with Crippen LogP contribution in [0.4, 0.5) is 15.8 Å². The monoisotopic (exact) mass is 395 g/mol. The third-order valence-corrected chi connectivity index (χ3v) is 4.25. The quantitative estimate of drug-likeness (QED) is 0.604. The van der Waals surface area contributed by atoms with E-state index in [2.05, 4.69) is 15.6 Å². The van der Waals surface area contributed by atoms with Crippen LogP contribution in [-0.4, -0.2) is 31.7 Å². The maximum absolute atomic E-state index is 13.3. The summed E-state index contributed by atoms with van der Waals surface area (Å²) in [6, 6.07) is 15.1. The molecule has 29 heavy (non-hydrogen) atoms. The number of amides is 1. The SMILES string of the molecule is COc1ccc(CCNC(=O)c2cc(Nc3cccc(F)c3)ccn2)cc1OC. The van der Waals surface area contributed by atoms with E-state index in [1.54, 1.807) is 38.5 Å². The summed E-state index contributed by atoms with van der Waals surface area (Å²) in [5.41, 5.74) is 2.53.